The summed E-state index contributed by atoms with van der Waals surface area (Å²) in [6.45, 7) is 5.96. The van der Waals surface area contributed by atoms with Crippen LogP contribution in [0.15, 0.2) is 30.3 Å². The first-order valence-corrected chi connectivity index (χ1v) is 7.24. The maximum Gasteiger partial charge on any atom is 0.237 e. The Bertz CT molecular complexity index is 379. The van der Waals surface area contributed by atoms with Gasteiger partial charge in [0.15, 0.2) is 0 Å². The van der Waals surface area contributed by atoms with Gasteiger partial charge in [-0.15, -0.1) is 0 Å². The number of carbonyl (C=O) groups excluding carboxylic acids is 1. The van der Waals surface area contributed by atoms with Gasteiger partial charge in [0.1, 0.15) is 0 Å². The van der Waals surface area contributed by atoms with Gasteiger partial charge in [0, 0.05) is 13.2 Å². The topological polar surface area (TPSA) is 64.3 Å². The zero-order valence-corrected chi connectivity index (χ0v) is 12.5. The SMILES string of the molecule is CC(C)COCCNC(=O)[C@@H](N)CCc1ccccc1. The molecule has 0 heterocycles. The zero-order valence-electron chi connectivity index (χ0n) is 12.5. The summed E-state index contributed by atoms with van der Waals surface area (Å²) in [5, 5.41) is 2.80. The van der Waals surface area contributed by atoms with E-state index in [9.17, 15) is 4.79 Å². The van der Waals surface area contributed by atoms with Gasteiger partial charge in [-0.1, -0.05) is 44.2 Å². The Balaban J connectivity index is 2.13. The van der Waals surface area contributed by atoms with E-state index in [0.717, 1.165) is 13.0 Å². The highest BCUT2D eigenvalue weighted by molar-refractivity contribution is 5.81. The summed E-state index contributed by atoms with van der Waals surface area (Å²) in [5.41, 5.74) is 7.08. The predicted molar refractivity (Wildman–Crippen MR) is 81.4 cm³/mol. The van der Waals surface area contributed by atoms with Gasteiger partial charge in [0.05, 0.1) is 12.6 Å². The van der Waals surface area contributed by atoms with Crippen molar-refractivity contribution in [3.8, 4) is 0 Å². The third kappa shape index (κ3) is 7.26. The molecule has 3 N–H and O–H groups in total. The molecule has 0 aliphatic carbocycles. The molecular formula is C16H26N2O2. The minimum absolute atomic E-state index is 0.103. The Morgan fingerprint density at radius 3 is 2.65 bits per heavy atom. The maximum absolute atomic E-state index is 11.8. The van der Waals surface area contributed by atoms with Crippen molar-refractivity contribution in [1.29, 1.82) is 0 Å². The van der Waals surface area contributed by atoms with Crippen LogP contribution < -0.4 is 11.1 Å². The highest BCUT2D eigenvalue weighted by Gasteiger charge is 2.12. The van der Waals surface area contributed by atoms with Gasteiger partial charge in [-0.3, -0.25) is 4.79 Å². The molecule has 0 spiro atoms. The summed E-state index contributed by atoms with van der Waals surface area (Å²) in [5.74, 6) is 0.410. The van der Waals surface area contributed by atoms with Crippen molar-refractivity contribution in [2.24, 2.45) is 11.7 Å². The van der Waals surface area contributed by atoms with Crippen LogP contribution in [0.1, 0.15) is 25.8 Å². The number of hydrogen-bond acceptors (Lipinski definition) is 3. The van der Waals surface area contributed by atoms with Crippen molar-refractivity contribution < 1.29 is 9.53 Å². The number of rotatable bonds is 9. The van der Waals surface area contributed by atoms with E-state index < -0.39 is 6.04 Å². The van der Waals surface area contributed by atoms with E-state index in [2.05, 4.69) is 19.2 Å². The zero-order chi connectivity index (χ0) is 14.8. The van der Waals surface area contributed by atoms with Crippen LogP contribution in [-0.4, -0.2) is 31.7 Å². The number of nitrogens with one attached hydrogen (secondary N) is 1. The van der Waals surface area contributed by atoms with E-state index in [1.165, 1.54) is 5.56 Å². The van der Waals surface area contributed by atoms with Crippen molar-refractivity contribution in [1.82, 2.24) is 5.32 Å². The van der Waals surface area contributed by atoms with Crippen LogP contribution in [-0.2, 0) is 16.0 Å². The monoisotopic (exact) mass is 278 g/mol. The number of amides is 1. The van der Waals surface area contributed by atoms with Gasteiger partial charge < -0.3 is 15.8 Å². The Morgan fingerprint density at radius 2 is 2.00 bits per heavy atom. The summed E-state index contributed by atoms with van der Waals surface area (Å²) in [7, 11) is 0. The van der Waals surface area contributed by atoms with E-state index in [4.69, 9.17) is 10.5 Å². The number of carbonyl (C=O) groups is 1. The number of hydrogen-bond donors (Lipinski definition) is 2. The van der Waals surface area contributed by atoms with Crippen LogP contribution in [0.5, 0.6) is 0 Å². The maximum atomic E-state index is 11.8. The quantitative estimate of drug-likeness (QED) is 0.676. The molecule has 0 aliphatic rings. The van der Waals surface area contributed by atoms with Crippen LogP contribution in [0.4, 0.5) is 0 Å². The predicted octanol–water partition coefficient (Wildman–Crippen LogP) is 1.74. The molecule has 0 radical (unpaired) electrons. The summed E-state index contributed by atoms with van der Waals surface area (Å²) in [6.07, 6.45) is 1.47. The second-order valence-electron chi connectivity index (χ2n) is 5.39. The van der Waals surface area contributed by atoms with E-state index in [1.807, 2.05) is 30.3 Å². The normalized spacial score (nSPS) is 12.4. The molecule has 112 valence electrons. The largest absolute Gasteiger partial charge is 0.379 e. The first-order valence-electron chi connectivity index (χ1n) is 7.24. The smallest absolute Gasteiger partial charge is 0.237 e. The second kappa shape index (κ2) is 9.50. The van der Waals surface area contributed by atoms with Crippen molar-refractivity contribution in [2.45, 2.75) is 32.7 Å². The van der Waals surface area contributed by atoms with Crippen LogP contribution in [0.3, 0.4) is 0 Å². The first kappa shape index (κ1) is 16.7. The average Bonchev–Trinajstić information content (AvgIpc) is 2.45. The van der Waals surface area contributed by atoms with Gasteiger partial charge in [-0.2, -0.15) is 0 Å². The van der Waals surface area contributed by atoms with Gasteiger partial charge in [0.2, 0.25) is 5.91 Å². The molecule has 1 aromatic rings. The lowest BCUT2D eigenvalue weighted by atomic mass is 10.1. The lowest BCUT2D eigenvalue weighted by Gasteiger charge is -2.13. The minimum atomic E-state index is -0.458. The molecule has 1 rings (SSSR count). The fraction of sp³-hybridized carbons (Fsp3) is 0.562. The van der Waals surface area contributed by atoms with Crippen LogP contribution in [0.2, 0.25) is 0 Å². The molecule has 0 unspecified atom stereocenters. The van der Waals surface area contributed by atoms with Crippen molar-refractivity contribution in [3.63, 3.8) is 0 Å². The average molecular weight is 278 g/mol. The number of nitrogens with two attached hydrogens (primary N) is 1. The third-order valence-corrected chi connectivity index (χ3v) is 2.92. The molecule has 0 fully saturated rings. The number of ether oxygens (including phenoxy) is 1. The molecule has 4 nitrogen and oxygen atoms in total. The molecule has 1 aromatic carbocycles. The molecule has 0 saturated carbocycles. The Hall–Kier alpha value is -1.39. The van der Waals surface area contributed by atoms with E-state index in [-0.39, 0.29) is 5.91 Å². The van der Waals surface area contributed by atoms with E-state index >= 15 is 0 Å². The minimum Gasteiger partial charge on any atom is -0.379 e. The Labute approximate surface area is 121 Å². The van der Waals surface area contributed by atoms with E-state index in [0.29, 0.717) is 25.5 Å². The molecule has 0 bridgehead atoms. The van der Waals surface area contributed by atoms with E-state index in [1.54, 1.807) is 0 Å². The molecule has 0 aliphatic heterocycles. The fourth-order valence-corrected chi connectivity index (χ4v) is 1.79. The molecular weight excluding hydrogens is 252 g/mol. The third-order valence-electron chi connectivity index (χ3n) is 2.92. The van der Waals surface area contributed by atoms with Gasteiger partial charge in [0.25, 0.3) is 0 Å². The number of aryl methyl sites for hydroxylation is 1. The van der Waals surface area contributed by atoms with Crippen LogP contribution in [0.25, 0.3) is 0 Å². The lowest BCUT2D eigenvalue weighted by molar-refractivity contribution is -0.122. The van der Waals surface area contributed by atoms with Crippen LogP contribution in [0, 0.1) is 5.92 Å². The van der Waals surface area contributed by atoms with Gasteiger partial charge in [-0.25, -0.2) is 0 Å². The summed E-state index contributed by atoms with van der Waals surface area (Å²) < 4.78 is 5.40. The molecule has 1 amide bonds. The second-order valence-corrected chi connectivity index (χ2v) is 5.39. The van der Waals surface area contributed by atoms with Gasteiger partial charge in [-0.05, 0) is 24.3 Å². The van der Waals surface area contributed by atoms with Crippen molar-refractivity contribution in [2.75, 3.05) is 19.8 Å². The Kier molecular flexibility index (Phi) is 7.92. The molecule has 0 saturated heterocycles. The lowest BCUT2D eigenvalue weighted by Crippen LogP contribution is -2.42. The summed E-state index contributed by atoms with van der Waals surface area (Å²) in [6, 6.07) is 9.60. The van der Waals surface area contributed by atoms with Crippen molar-refractivity contribution >= 4 is 5.91 Å². The van der Waals surface area contributed by atoms with Crippen molar-refractivity contribution in [3.05, 3.63) is 35.9 Å². The summed E-state index contributed by atoms with van der Waals surface area (Å²) >= 11 is 0. The molecule has 0 aromatic heterocycles. The molecule has 4 heteroatoms. The van der Waals surface area contributed by atoms with Crippen LogP contribution >= 0.6 is 0 Å². The standard InChI is InChI=1S/C16H26N2O2/c1-13(2)12-20-11-10-18-16(19)15(17)9-8-14-6-4-3-5-7-14/h3-7,13,15H,8-12,17H2,1-2H3,(H,18,19)/t15-/m0/s1. The molecule has 20 heavy (non-hydrogen) atoms. The highest BCUT2D eigenvalue weighted by atomic mass is 16.5. The summed E-state index contributed by atoms with van der Waals surface area (Å²) in [4.78, 5) is 11.8. The Morgan fingerprint density at radius 1 is 1.30 bits per heavy atom. The fourth-order valence-electron chi connectivity index (χ4n) is 1.79. The first-order chi connectivity index (χ1) is 9.59. The highest BCUT2D eigenvalue weighted by Crippen LogP contribution is 2.04. The molecule has 1 atom stereocenters. The van der Waals surface area contributed by atoms with Gasteiger partial charge >= 0.3 is 0 Å². The number of benzene rings is 1.